The third kappa shape index (κ3) is 4.35. The van der Waals surface area contributed by atoms with Crippen molar-refractivity contribution in [2.24, 2.45) is 0 Å². The summed E-state index contributed by atoms with van der Waals surface area (Å²) in [6.07, 6.45) is -2.03. The molecule has 0 atom stereocenters. The highest BCUT2D eigenvalue weighted by molar-refractivity contribution is 7.98. The van der Waals surface area contributed by atoms with Crippen molar-refractivity contribution in [1.82, 2.24) is 14.8 Å². The molecule has 140 valence electrons. The van der Waals surface area contributed by atoms with Gasteiger partial charge in [0.25, 0.3) is 0 Å². The summed E-state index contributed by atoms with van der Waals surface area (Å²) in [6.45, 7) is 0.703. The number of alkyl halides is 3. The van der Waals surface area contributed by atoms with Crippen molar-refractivity contribution < 1.29 is 13.2 Å². The molecule has 0 aliphatic heterocycles. The zero-order valence-electron chi connectivity index (χ0n) is 14.5. The summed E-state index contributed by atoms with van der Waals surface area (Å²) in [4.78, 5) is 0. The summed E-state index contributed by atoms with van der Waals surface area (Å²) in [7, 11) is 0. The average Bonchev–Trinajstić information content (AvgIpc) is 3.43. The molecule has 1 fully saturated rings. The molecule has 4 rings (SSSR count). The number of nitrogens with zero attached hydrogens (tertiary/aromatic N) is 3. The maximum Gasteiger partial charge on any atom is 0.416 e. The van der Waals surface area contributed by atoms with E-state index in [1.54, 1.807) is 0 Å². The number of rotatable bonds is 6. The lowest BCUT2D eigenvalue weighted by atomic mass is 10.1. The van der Waals surface area contributed by atoms with Crippen molar-refractivity contribution in [2.75, 3.05) is 0 Å². The van der Waals surface area contributed by atoms with E-state index in [9.17, 15) is 13.2 Å². The Hall–Kier alpha value is -2.28. The molecule has 0 saturated heterocycles. The summed E-state index contributed by atoms with van der Waals surface area (Å²) in [5.41, 5.74) is 1.38. The lowest BCUT2D eigenvalue weighted by Crippen LogP contribution is -2.06. The first-order valence-electron chi connectivity index (χ1n) is 8.76. The van der Waals surface area contributed by atoms with E-state index in [2.05, 4.69) is 26.9 Å². The minimum atomic E-state index is -4.30. The number of aromatic nitrogens is 3. The Morgan fingerprint density at radius 1 is 0.926 bits per heavy atom. The van der Waals surface area contributed by atoms with Gasteiger partial charge in [-0.15, -0.1) is 10.2 Å². The van der Waals surface area contributed by atoms with E-state index in [4.69, 9.17) is 0 Å². The van der Waals surface area contributed by atoms with Crippen LogP contribution in [0, 0.1) is 0 Å². The molecular formula is C20H18F3N3S. The molecule has 1 aliphatic rings. The van der Waals surface area contributed by atoms with Gasteiger partial charge in [0.05, 0.1) is 12.1 Å². The van der Waals surface area contributed by atoms with Gasteiger partial charge in [-0.2, -0.15) is 13.2 Å². The highest BCUT2D eigenvalue weighted by atomic mass is 32.2. The first-order valence-corrected chi connectivity index (χ1v) is 9.75. The predicted octanol–water partition coefficient (Wildman–Crippen LogP) is 5.51. The number of hydrogen-bond acceptors (Lipinski definition) is 3. The molecule has 1 heterocycles. The van der Waals surface area contributed by atoms with Crippen LogP contribution < -0.4 is 0 Å². The molecule has 0 amide bonds. The molecule has 0 radical (unpaired) electrons. The fraction of sp³-hybridized carbons (Fsp3) is 0.300. The molecule has 0 N–H and O–H groups in total. The standard InChI is InChI=1S/C20H18F3N3S/c21-20(22,23)17-10-6-15(7-11-17)13-27-19-25-24-18(16-8-9-16)26(19)12-14-4-2-1-3-5-14/h1-7,10-11,16H,8-9,12-13H2. The average molecular weight is 389 g/mol. The van der Waals surface area contributed by atoms with E-state index in [0.717, 1.165) is 41.5 Å². The normalized spacial score (nSPS) is 14.5. The topological polar surface area (TPSA) is 30.7 Å². The summed E-state index contributed by atoms with van der Waals surface area (Å²) in [6, 6.07) is 15.4. The molecule has 3 aromatic rings. The smallest absolute Gasteiger partial charge is 0.301 e. The summed E-state index contributed by atoms with van der Waals surface area (Å²) < 4.78 is 40.2. The van der Waals surface area contributed by atoms with Gasteiger partial charge in [0.1, 0.15) is 5.82 Å². The zero-order valence-corrected chi connectivity index (χ0v) is 15.3. The Labute approximate surface area is 159 Å². The first-order chi connectivity index (χ1) is 13.0. The third-order valence-electron chi connectivity index (χ3n) is 4.52. The Bertz CT molecular complexity index is 900. The Morgan fingerprint density at radius 2 is 1.63 bits per heavy atom. The van der Waals surface area contributed by atoms with Gasteiger partial charge in [-0.1, -0.05) is 54.2 Å². The second-order valence-corrected chi connectivity index (χ2v) is 7.61. The van der Waals surface area contributed by atoms with Gasteiger partial charge in [0.15, 0.2) is 5.16 Å². The molecule has 1 saturated carbocycles. The van der Waals surface area contributed by atoms with Crippen LogP contribution in [0.15, 0.2) is 59.8 Å². The van der Waals surface area contributed by atoms with E-state index in [1.807, 2.05) is 18.2 Å². The van der Waals surface area contributed by atoms with Crippen molar-refractivity contribution in [1.29, 1.82) is 0 Å². The van der Waals surface area contributed by atoms with Crippen LogP contribution in [0.1, 0.15) is 41.3 Å². The van der Waals surface area contributed by atoms with Crippen molar-refractivity contribution >= 4 is 11.8 Å². The van der Waals surface area contributed by atoms with Crippen molar-refractivity contribution in [3.63, 3.8) is 0 Å². The van der Waals surface area contributed by atoms with Crippen molar-refractivity contribution in [3.8, 4) is 0 Å². The molecule has 27 heavy (non-hydrogen) atoms. The van der Waals surface area contributed by atoms with Gasteiger partial charge in [-0.3, -0.25) is 0 Å². The monoisotopic (exact) mass is 389 g/mol. The fourth-order valence-electron chi connectivity index (χ4n) is 2.90. The molecule has 1 aromatic heterocycles. The van der Waals surface area contributed by atoms with E-state index in [-0.39, 0.29) is 0 Å². The second-order valence-electron chi connectivity index (χ2n) is 6.67. The summed E-state index contributed by atoms with van der Waals surface area (Å²) in [5, 5.41) is 9.52. The van der Waals surface area contributed by atoms with E-state index in [0.29, 0.717) is 18.2 Å². The molecule has 2 aromatic carbocycles. The second kappa shape index (κ2) is 7.38. The SMILES string of the molecule is FC(F)(F)c1ccc(CSc2nnc(C3CC3)n2Cc2ccccc2)cc1. The number of hydrogen-bond donors (Lipinski definition) is 0. The first kappa shape index (κ1) is 18.1. The molecule has 3 nitrogen and oxygen atoms in total. The van der Waals surface area contributed by atoms with Gasteiger partial charge in [-0.05, 0) is 36.1 Å². The van der Waals surface area contributed by atoms with Crippen LogP contribution in [-0.4, -0.2) is 14.8 Å². The lowest BCUT2D eigenvalue weighted by Gasteiger charge is -2.10. The van der Waals surface area contributed by atoms with Gasteiger partial charge in [0.2, 0.25) is 0 Å². The lowest BCUT2D eigenvalue weighted by molar-refractivity contribution is -0.137. The Kier molecular flexibility index (Phi) is 4.95. The zero-order chi connectivity index (χ0) is 18.9. The maximum atomic E-state index is 12.7. The largest absolute Gasteiger partial charge is 0.416 e. The molecular weight excluding hydrogens is 371 g/mol. The fourth-order valence-corrected chi connectivity index (χ4v) is 3.80. The third-order valence-corrected chi connectivity index (χ3v) is 5.56. The quantitative estimate of drug-likeness (QED) is 0.521. The van der Waals surface area contributed by atoms with Crippen LogP contribution in [0.2, 0.25) is 0 Å². The van der Waals surface area contributed by atoms with Crippen LogP contribution in [-0.2, 0) is 18.5 Å². The van der Waals surface area contributed by atoms with E-state index in [1.165, 1.54) is 29.5 Å². The van der Waals surface area contributed by atoms with E-state index < -0.39 is 11.7 Å². The van der Waals surface area contributed by atoms with Gasteiger partial charge in [-0.25, -0.2) is 0 Å². The summed E-state index contributed by atoms with van der Waals surface area (Å²) in [5.74, 6) is 2.03. The number of benzene rings is 2. The number of halogens is 3. The Balaban J connectivity index is 1.50. The van der Waals surface area contributed by atoms with Gasteiger partial charge < -0.3 is 4.57 Å². The predicted molar refractivity (Wildman–Crippen MR) is 98.5 cm³/mol. The van der Waals surface area contributed by atoms with Crippen LogP contribution in [0.25, 0.3) is 0 Å². The van der Waals surface area contributed by atoms with Gasteiger partial charge in [0, 0.05) is 11.7 Å². The number of thioether (sulfide) groups is 1. The highest BCUT2D eigenvalue weighted by Gasteiger charge is 2.31. The van der Waals surface area contributed by atoms with E-state index >= 15 is 0 Å². The minimum Gasteiger partial charge on any atom is -0.301 e. The molecule has 0 unspecified atom stereocenters. The molecule has 7 heteroatoms. The van der Waals surface area contributed by atoms with Crippen LogP contribution in [0.4, 0.5) is 13.2 Å². The van der Waals surface area contributed by atoms with Crippen LogP contribution >= 0.6 is 11.8 Å². The highest BCUT2D eigenvalue weighted by Crippen LogP contribution is 2.40. The maximum absolute atomic E-state index is 12.7. The van der Waals surface area contributed by atoms with Crippen LogP contribution in [0.3, 0.4) is 0 Å². The van der Waals surface area contributed by atoms with Crippen LogP contribution in [0.5, 0.6) is 0 Å². The summed E-state index contributed by atoms with van der Waals surface area (Å²) >= 11 is 1.51. The Morgan fingerprint density at radius 3 is 2.26 bits per heavy atom. The van der Waals surface area contributed by atoms with Crippen molar-refractivity contribution in [3.05, 3.63) is 77.1 Å². The molecule has 0 bridgehead atoms. The van der Waals surface area contributed by atoms with Gasteiger partial charge >= 0.3 is 6.18 Å². The minimum absolute atomic E-state index is 0.474. The molecule has 0 spiro atoms. The van der Waals surface area contributed by atoms with Crippen molar-refractivity contribution in [2.45, 2.75) is 42.4 Å². The molecule has 1 aliphatic carbocycles.